The van der Waals surface area contributed by atoms with Gasteiger partial charge in [-0.05, 0) is 50.4 Å². The van der Waals surface area contributed by atoms with Crippen LogP contribution in [0.5, 0.6) is 0 Å². The van der Waals surface area contributed by atoms with Crippen LogP contribution in [-0.2, 0) is 4.79 Å². The molecule has 0 spiro atoms. The number of Topliss-reactive ketones (excluding diaryl/α,β-unsaturated/α-hetero) is 1. The highest BCUT2D eigenvalue weighted by molar-refractivity contribution is 5.84. The van der Waals surface area contributed by atoms with Crippen molar-refractivity contribution in [3.8, 4) is 0 Å². The fourth-order valence-corrected chi connectivity index (χ4v) is 3.97. The Hall–Kier alpha value is -0.590. The van der Waals surface area contributed by atoms with Crippen LogP contribution in [0.25, 0.3) is 0 Å². The molecule has 0 aliphatic heterocycles. The van der Waals surface area contributed by atoms with E-state index in [1.807, 2.05) is 0 Å². The summed E-state index contributed by atoms with van der Waals surface area (Å²) in [5.74, 6) is 2.32. The van der Waals surface area contributed by atoms with Gasteiger partial charge >= 0.3 is 0 Å². The molecule has 2 saturated carbocycles. The van der Waals surface area contributed by atoms with Gasteiger partial charge in [-0.25, -0.2) is 0 Å². The molecule has 3 atom stereocenters. The third-order valence-electron chi connectivity index (χ3n) is 4.86. The highest BCUT2D eigenvalue weighted by Crippen LogP contribution is 2.59. The molecule has 2 aliphatic carbocycles. The fraction of sp³-hybridized carbons (Fsp3) is 0.800. The van der Waals surface area contributed by atoms with E-state index in [1.165, 1.54) is 24.8 Å². The van der Waals surface area contributed by atoms with E-state index in [1.54, 1.807) is 0 Å². The highest BCUT2D eigenvalue weighted by atomic mass is 16.1. The first-order valence-corrected chi connectivity index (χ1v) is 6.59. The second-order valence-electron chi connectivity index (χ2n) is 6.52. The van der Waals surface area contributed by atoms with Crippen LogP contribution < -0.4 is 0 Å². The molecule has 0 aromatic heterocycles. The molecule has 1 heteroatoms. The summed E-state index contributed by atoms with van der Waals surface area (Å²) in [6.07, 6.45) is 6.69. The molecule has 0 N–H and O–H groups in total. The normalized spacial score (nSPS) is 35.1. The summed E-state index contributed by atoms with van der Waals surface area (Å²) in [4.78, 5) is 12.3. The maximum atomic E-state index is 12.3. The third-order valence-corrected chi connectivity index (χ3v) is 4.86. The van der Waals surface area contributed by atoms with Crippen molar-refractivity contribution < 1.29 is 4.79 Å². The van der Waals surface area contributed by atoms with Gasteiger partial charge in [0, 0.05) is 12.3 Å². The van der Waals surface area contributed by atoms with Crippen molar-refractivity contribution in [2.45, 2.75) is 53.4 Å². The van der Waals surface area contributed by atoms with Crippen LogP contribution in [0.15, 0.2) is 11.6 Å². The highest BCUT2D eigenvalue weighted by Gasteiger charge is 2.54. The van der Waals surface area contributed by atoms with Gasteiger partial charge in [-0.3, -0.25) is 4.79 Å². The molecule has 2 aliphatic rings. The van der Waals surface area contributed by atoms with E-state index >= 15 is 0 Å². The molecule has 16 heavy (non-hydrogen) atoms. The minimum Gasteiger partial charge on any atom is -0.299 e. The monoisotopic (exact) mass is 220 g/mol. The Labute approximate surface area is 99.3 Å². The number of fused-ring (bicyclic) bond motifs is 2. The fourth-order valence-electron chi connectivity index (χ4n) is 3.97. The first kappa shape index (κ1) is 11.9. The summed E-state index contributed by atoms with van der Waals surface area (Å²) in [5.41, 5.74) is 1.52. The molecule has 3 unspecified atom stereocenters. The number of carbonyl (C=O) groups excluding carboxylic acids is 1. The second-order valence-corrected chi connectivity index (χ2v) is 6.52. The van der Waals surface area contributed by atoms with E-state index in [9.17, 15) is 4.79 Å². The van der Waals surface area contributed by atoms with E-state index in [-0.39, 0.29) is 5.41 Å². The average molecular weight is 220 g/mol. The van der Waals surface area contributed by atoms with E-state index in [0.29, 0.717) is 24.0 Å². The Kier molecular flexibility index (Phi) is 2.98. The molecule has 0 aromatic carbocycles. The Morgan fingerprint density at radius 1 is 1.31 bits per heavy atom. The van der Waals surface area contributed by atoms with Crippen LogP contribution in [0.2, 0.25) is 0 Å². The first-order chi connectivity index (χ1) is 7.43. The molecular formula is C15H24O. The standard InChI is InChI=1S/C15H24O/c1-10(2)5-8-13(16)14-11-6-7-12(9-11)15(14,3)4/h5,11-12,14H,6-9H2,1-4H3. The van der Waals surface area contributed by atoms with Gasteiger partial charge < -0.3 is 0 Å². The quantitative estimate of drug-likeness (QED) is 0.657. The van der Waals surface area contributed by atoms with Crippen molar-refractivity contribution in [3.63, 3.8) is 0 Å². The van der Waals surface area contributed by atoms with Gasteiger partial charge in [0.15, 0.2) is 0 Å². The van der Waals surface area contributed by atoms with Crippen LogP contribution in [0, 0.1) is 23.2 Å². The van der Waals surface area contributed by atoms with Gasteiger partial charge in [-0.15, -0.1) is 0 Å². The zero-order valence-electron chi connectivity index (χ0n) is 11.0. The van der Waals surface area contributed by atoms with E-state index in [4.69, 9.17) is 0 Å². The van der Waals surface area contributed by atoms with Gasteiger partial charge in [-0.2, -0.15) is 0 Å². The summed E-state index contributed by atoms with van der Waals surface area (Å²) in [7, 11) is 0. The Balaban J connectivity index is 2.09. The number of hydrogen-bond acceptors (Lipinski definition) is 1. The number of carbonyl (C=O) groups is 1. The SMILES string of the molecule is CC(C)=CCC(=O)C1C2CCC(C2)C1(C)C. The van der Waals surface area contributed by atoms with E-state index in [0.717, 1.165) is 5.92 Å². The molecular weight excluding hydrogens is 196 g/mol. The lowest BCUT2D eigenvalue weighted by molar-refractivity contribution is -0.127. The predicted molar refractivity (Wildman–Crippen MR) is 67.2 cm³/mol. The minimum absolute atomic E-state index is 0.259. The van der Waals surface area contributed by atoms with Crippen LogP contribution >= 0.6 is 0 Å². The molecule has 1 nitrogen and oxygen atoms in total. The number of allylic oxidation sites excluding steroid dienone is 2. The van der Waals surface area contributed by atoms with Crippen LogP contribution in [-0.4, -0.2) is 5.78 Å². The van der Waals surface area contributed by atoms with Gasteiger partial charge in [-0.1, -0.05) is 25.5 Å². The van der Waals surface area contributed by atoms with Gasteiger partial charge in [0.05, 0.1) is 0 Å². The van der Waals surface area contributed by atoms with E-state index in [2.05, 4.69) is 33.8 Å². The molecule has 0 radical (unpaired) electrons. The zero-order chi connectivity index (χ0) is 11.9. The van der Waals surface area contributed by atoms with Gasteiger partial charge in [0.2, 0.25) is 0 Å². The maximum Gasteiger partial charge on any atom is 0.140 e. The lowest BCUT2D eigenvalue weighted by Gasteiger charge is -2.37. The molecule has 0 amide bonds. The van der Waals surface area contributed by atoms with Crippen molar-refractivity contribution in [2.75, 3.05) is 0 Å². The van der Waals surface area contributed by atoms with Crippen molar-refractivity contribution in [2.24, 2.45) is 23.2 Å². The van der Waals surface area contributed by atoms with E-state index < -0.39 is 0 Å². The number of hydrogen-bond donors (Lipinski definition) is 0. The molecule has 0 saturated heterocycles. The van der Waals surface area contributed by atoms with Gasteiger partial charge in [0.1, 0.15) is 5.78 Å². The predicted octanol–water partition coefficient (Wildman–Crippen LogP) is 3.98. The van der Waals surface area contributed by atoms with Crippen molar-refractivity contribution >= 4 is 5.78 Å². The summed E-state index contributed by atoms with van der Waals surface area (Å²) >= 11 is 0. The largest absolute Gasteiger partial charge is 0.299 e. The van der Waals surface area contributed by atoms with Crippen LogP contribution in [0.4, 0.5) is 0 Å². The molecule has 2 fully saturated rings. The van der Waals surface area contributed by atoms with Crippen molar-refractivity contribution in [3.05, 3.63) is 11.6 Å². The maximum absolute atomic E-state index is 12.3. The number of rotatable bonds is 3. The lowest BCUT2D eigenvalue weighted by Crippen LogP contribution is -2.36. The van der Waals surface area contributed by atoms with Crippen LogP contribution in [0.3, 0.4) is 0 Å². The molecule has 2 rings (SSSR count). The Morgan fingerprint density at radius 2 is 2.00 bits per heavy atom. The molecule has 90 valence electrons. The lowest BCUT2D eigenvalue weighted by atomic mass is 9.66. The summed E-state index contributed by atoms with van der Waals surface area (Å²) in [5, 5.41) is 0. The average Bonchev–Trinajstić information content (AvgIpc) is 2.71. The summed E-state index contributed by atoms with van der Waals surface area (Å²) in [6.45, 7) is 8.75. The first-order valence-electron chi connectivity index (χ1n) is 6.59. The number of ketones is 1. The molecule has 0 heterocycles. The van der Waals surface area contributed by atoms with Crippen LogP contribution in [0.1, 0.15) is 53.4 Å². The molecule has 2 bridgehead atoms. The van der Waals surface area contributed by atoms with Crippen molar-refractivity contribution in [1.82, 2.24) is 0 Å². The topological polar surface area (TPSA) is 17.1 Å². The zero-order valence-corrected chi connectivity index (χ0v) is 11.0. The summed E-state index contributed by atoms with van der Waals surface area (Å²) in [6, 6.07) is 0. The van der Waals surface area contributed by atoms with Gasteiger partial charge in [0.25, 0.3) is 0 Å². The minimum atomic E-state index is 0.259. The summed E-state index contributed by atoms with van der Waals surface area (Å²) < 4.78 is 0. The van der Waals surface area contributed by atoms with Crippen molar-refractivity contribution in [1.29, 1.82) is 0 Å². The third kappa shape index (κ3) is 1.85. The Bertz CT molecular complexity index is 320. The smallest absolute Gasteiger partial charge is 0.140 e. The molecule has 0 aromatic rings. The Morgan fingerprint density at radius 3 is 2.50 bits per heavy atom. The second kappa shape index (κ2) is 4.01.